The van der Waals surface area contributed by atoms with E-state index in [1.807, 2.05) is 6.07 Å². The first-order valence-corrected chi connectivity index (χ1v) is 7.78. The zero-order valence-corrected chi connectivity index (χ0v) is 12.5. The average molecular weight is 280 g/mol. The van der Waals surface area contributed by atoms with Crippen LogP contribution in [0.15, 0.2) is 6.07 Å². The molecule has 0 atom stereocenters. The molecule has 4 heteroatoms. The molecular weight excluding hydrogens is 258 g/mol. The molecular formula is C15H22ClN3. The molecule has 3 nitrogen and oxygen atoms in total. The SMILES string of the molecule is CC1CCC(N(C)c2cc(Cl)nc(C3CC3)n2)CC1. The molecule has 19 heavy (non-hydrogen) atoms. The third-order valence-corrected chi connectivity index (χ3v) is 4.73. The van der Waals surface area contributed by atoms with Crippen molar-refractivity contribution in [1.82, 2.24) is 9.97 Å². The van der Waals surface area contributed by atoms with Crippen molar-refractivity contribution < 1.29 is 0 Å². The summed E-state index contributed by atoms with van der Waals surface area (Å²) in [5, 5.41) is 0.586. The van der Waals surface area contributed by atoms with E-state index in [9.17, 15) is 0 Å². The highest BCUT2D eigenvalue weighted by atomic mass is 35.5. The van der Waals surface area contributed by atoms with Gasteiger partial charge in [-0.3, -0.25) is 0 Å². The Morgan fingerprint density at radius 1 is 1.11 bits per heavy atom. The van der Waals surface area contributed by atoms with Gasteiger partial charge in [0.15, 0.2) is 0 Å². The molecule has 0 unspecified atom stereocenters. The minimum atomic E-state index is 0.553. The van der Waals surface area contributed by atoms with Gasteiger partial charge in [-0.15, -0.1) is 0 Å². The van der Waals surface area contributed by atoms with Gasteiger partial charge >= 0.3 is 0 Å². The number of hydrogen-bond acceptors (Lipinski definition) is 3. The fraction of sp³-hybridized carbons (Fsp3) is 0.733. The van der Waals surface area contributed by atoms with Crippen LogP contribution in [0.3, 0.4) is 0 Å². The minimum Gasteiger partial charge on any atom is -0.357 e. The van der Waals surface area contributed by atoms with Crippen molar-refractivity contribution in [2.75, 3.05) is 11.9 Å². The highest BCUT2D eigenvalue weighted by Crippen LogP contribution is 2.39. The molecule has 0 aromatic carbocycles. The van der Waals surface area contributed by atoms with Gasteiger partial charge in [-0.1, -0.05) is 18.5 Å². The largest absolute Gasteiger partial charge is 0.357 e. The Morgan fingerprint density at radius 3 is 2.42 bits per heavy atom. The van der Waals surface area contributed by atoms with Crippen molar-refractivity contribution in [3.63, 3.8) is 0 Å². The molecule has 0 saturated heterocycles. The van der Waals surface area contributed by atoms with Crippen LogP contribution in [0.2, 0.25) is 5.15 Å². The van der Waals surface area contributed by atoms with Crippen LogP contribution in [0.1, 0.15) is 57.2 Å². The maximum Gasteiger partial charge on any atom is 0.135 e. The van der Waals surface area contributed by atoms with E-state index in [2.05, 4.69) is 23.9 Å². The molecule has 0 spiro atoms. The average Bonchev–Trinajstić information content (AvgIpc) is 3.22. The van der Waals surface area contributed by atoms with Gasteiger partial charge in [-0.2, -0.15) is 0 Å². The number of hydrogen-bond donors (Lipinski definition) is 0. The highest BCUT2D eigenvalue weighted by Gasteiger charge is 2.29. The van der Waals surface area contributed by atoms with E-state index in [-0.39, 0.29) is 0 Å². The number of aromatic nitrogens is 2. The highest BCUT2D eigenvalue weighted by molar-refractivity contribution is 6.29. The Kier molecular flexibility index (Phi) is 3.66. The normalized spacial score (nSPS) is 27.3. The monoisotopic (exact) mass is 279 g/mol. The topological polar surface area (TPSA) is 29.0 Å². The first-order valence-electron chi connectivity index (χ1n) is 7.41. The predicted molar refractivity (Wildman–Crippen MR) is 78.8 cm³/mol. The molecule has 1 aromatic heterocycles. The summed E-state index contributed by atoms with van der Waals surface area (Å²) in [7, 11) is 2.15. The van der Waals surface area contributed by atoms with Crippen LogP contribution >= 0.6 is 11.6 Å². The Bertz CT molecular complexity index is 451. The van der Waals surface area contributed by atoms with Crippen LogP contribution < -0.4 is 4.90 Å². The maximum absolute atomic E-state index is 6.15. The van der Waals surface area contributed by atoms with Crippen LogP contribution in [0.5, 0.6) is 0 Å². The Hall–Kier alpha value is -0.830. The van der Waals surface area contributed by atoms with E-state index in [1.54, 1.807) is 0 Å². The van der Waals surface area contributed by atoms with Gasteiger partial charge in [0.25, 0.3) is 0 Å². The van der Waals surface area contributed by atoms with Gasteiger partial charge < -0.3 is 4.90 Å². The molecule has 2 fully saturated rings. The van der Waals surface area contributed by atoms with E-state index in [4.69, 9.17) is 16.6 Å². The second-order valence-corrected chi connectivity index (χ2v) is 6.59. The van der Waals surface area contributed by atoms with Crippen LogP contribution in [-0.2, 0) is 0 Å². The van der Waals surface area contributed by atoms with Gasteiger partial charge in [0.2, 0.25) is 0 Å². The Labute approximate surface area is 120 Å². The van der Waals surface area contributed by atoms with Crippen molar-refractivity contribution in [3.05, 3.63) is 17.0 Å². The van der Waals surface area contributed by atoms with Crippen LogP contribution in [0.4, 0.5) is 5.82 Å². The van der Waals surface area contributed by atoms with Gasteiger partial charge in [0, 0.05) is 25.1 Å². The lowest BCUT2D eigenvalue weighted by Crippen LogP contribution is -2.35. The van der Waals surface area contributed by atoms with E-state index >= 15 is 0 Å². The van der Waals surface area contributed by atoms with Crippen LogP contribution in [0.25, 0.3) is 0 Å². The van der Waals surface area contributed by atoms with E-state index < -0.39 is 0 Å². The molecule has 0 N–H and O–H groups in total. The molecule has 0 amide bonds. The molecule has 2 aliphatic carbocycles. The molecule has 3 rings (SSSR count). The fourth-order valence-corrected chi connectivity index (χ4v) is 3.13. The number of rotatable bonds is 3. The first-order chi connectivity index (χ1) is 9.13. The molecule has 0 aliphatic heterocycles. The lowest BCUT2D eigenvalue weighted by atomic mass is 9.87. The maximum atomic E-state index is 6.15. The summed E-state index contributed by atoms with van der Waals surface area (Å²) in [6.45, 7) is 2.35. The van der Waals surface area contributed by atoms with E-state index in [0.29, 0.717) is 17.1 Å². The molecule has 1 heterocycles. The molecule has 0 radical (unpaired) electrons. The predicted octanol–water partition coefficient (Wildman–Crippen LogP) is 4.02. The quantitative estimate of drug-likeness (QED) is 0.783. The summed E-state index contributed by atoms with van der Waals surface area (Å²) in [5.41, 5.74) is 0. The zero-order chi connectivity index (χ0) is 13.4. The lowest BCUT2D eigenvalue weighted by molar-refractivity contribution is 0.340. The van der Waals surface area contributed by atoms with Crippen LogP contribution in [-0.4, -0.2) is 23.1 Å². The van der Waals surface area contributed by atoms with Crippen molar-refractivity contribution >= 4 is 17.4 Å². The smallest absolute Gasteiger partial charge is 0.135 e. The first kappa shape index (κ1) is 13.2. The number of anilines is 1. The summed E-state index contributed by atoms with van der Waals surface area (Å²) in [4.78, 5) is 11.4. The van der Waals surface area contributed by atoms with Crippen molar-refractivity contribution in [2.45, 2.75) is 57.4 Å². The molecule has 1 aromatic rings. The Morgan fingerprint density at radius 2 is 1.79 bits per heavy atom. The second-order valence-electron chi connectivity index (χ2n) is 6.21. The zero-order valence-electron chi connectivity index (χ0n) is 11.8. The summed E-state index contributed by atoms with van der Waals surface area (Å²) >= 11 is 6.15. The minimum absolute atomic E-state index is 0.553. The van der Waals surface area contributed by atoms with E-state index in [1.165, 1.54) is 38.5 Å². The van der Waals surface area contributed by atoms with Crippen molar-refractivity contribution in [1.29, 1.82) is 0 Å². The lowest BCUT2D eigenvalue weighted by Gasteiger charge is -2.34. The number of halogens is 1. The number of nitrogens with zero attached hydrogens (tertiary/aromatic N) is 3. The van der Waals surface area contributed by atoms with E-state index in [0.717, 1.165) is 17.6 Å². The third kappa shape index (κ3) is 3.02. The summed E-state index contributed by atoms with van der Waals surface area (Å²) in [5.74, 6) is 3.37. The molecule has 2 aliphatic rings. The van der Waals surface area contributed by atoms with Crippen molar-refractivity contribution in [2.24, 2.45) is 5.92 Å². The van der Waals surface area contributed by atoms with Gasteiger partial charge in [0.1, 0.15) is 16.8 Å². The summed E-state index contributed by atoms with van der Waals surface area (Å²) in [6.07, 6.45) is 7.59. The molecule has 104 valence electrons. The standard InChI is InChI=1S/C15H22ClN3/c1-10-3-7-12(8-4-10)19(2)14-9-13(16)17-15(18-14)11-5-6-11/h9-12H,3-8H2,1-2H3. The second kappa shape index (κ2) is 5.28. The summed E-state index contributed by atoms with van der Waals surface area (Å²) < 4.78 is 0. The van der Waals surface area contributed by atoms with Gasteiger partial charge in [-0.25, -0.2) is 9.97 Å². The fourth-order valence-electron chi connectivity index (χ4n) is 2.94. The molecule has 2 saturated carbocycles. The molecule has 0 bridgehead atoms. The van der Waals surface area contributed by atoms with Crippen LogP contribution in [0, 0.1) is 5.92 Å². The van der Waals surface area contributed by atoms with Gasteiger partial charge in [-0.05, 0) is 44.4 Å². The summed E-state index contributed by atoms with van der Waals surface area (Å²) in [6, 6.07) is 2.51. The van der Waals surface area contributed by atoms with Crippen molar-refractivity contribution in [3.8, 4) is 0 Å². The van der Waals surface area contributed by atoms with Gasteiger partial charge in [0.05, 0.1) is 0 Å². The third-order valence-electron chi connectivity index (χ3n) is 4.54. The Balaban J connectivity index is 1.76.